The molecule has 2 aliphatic rings. The molecular weight excluding hydrogens is 430 g/mol. The number of hydrogen-bond acceptors (Lipinski definition) is 7. The Balaban J connectivity index is 1.74. The average molecular weight is 458 g/mol. The van der Waals surface area contributed by atoms with Crippen LogP contribution in [0.1, 0.15) is 43.5 Å². The van der Waals surface area contributed by atoms with E-state index in [-0.39, 0.29) is 34.5 Å². The van der Waals surface area contributed by atoms with E-state index < -0.39 is 42.0 Å². The SMILES string of the molecule is CC1(C)C2CCC1(CS(=O)(=O)OS(C)(C)CC(=O)c1cccc([N+](=O)[O-])c1)C(=O)C2. The maximum absolute atomic E-state index is 12.9. The molecule has 2 fully saturated rings. The van der Waals surface area contributed by atoms with Gasteiger partial charge in [0.15, 0.2) is 5.78 Å². The van der Waals surface area contributed by atoms with E-state index in [1.807, 2.05) is 13.8 Å². The van der Waals surface area contributed by atoms with E-state index in [4.69, 9.17) is 3.63 Å². The van der Waals surface area contributed by atoms with Crippen molar-refractivity contribution in [3.8, 4) is 0 Å². The molecule has 2 aliphatic carbocycles. The highest BCUT2D eigenvalue weighted by Crippen LogP contribution is 2.64. The topological polar surface area (TPSA) is 121 Å². The van der Waals surface area contributed by atoms with Gasteiger partial charge in [-0.25, -0.2) is 3.63 Å². The van der Waals surface area contributed by atoms with Gasteiger partial charge in [0, 0.05) is 24.1 Å². The van der Waals surface area contributed by atoms with E-state index in [1.54, 1.807) is 12.5 Å². The van der Waals surface area contributed by atoms with Crippen molar-refractivity contribution in [2.24, 2.45) is 16.7 Å². The first-order valence-electron chi connectivity index (χ1n) is 9.65. The van der Waals surface area contributed by atoms with Crippen LogP contribution in [0.3, 0.4) is 0 Å². The smallest absolute Gasteiger partial charge is 0.277 e. The minimum atomic E-state index is -4.06. The summed E-state index contributed by atoms with van der Waals surface area (Å²) >= 11 is 0. The number of non-ortho nitro benzene ring substituents is 1. The molecule has 1 aromatic rings. The summed E-state index contributed by atoms with van der Waals surface area (Å²) in [6.45, 7) is 3.91. The van der Waals surface area contributed by atoms with Gasteiger partial charge in [-0.05, 0) is 36.7 Å². The van der Waals surface area contributed by atoms with Crippen LogP contribution < -0.4 is 0 Å². The first kappa shape index (κ1) is 22.9. The number of benzene rings is 1. The number of nitro groups is 1. The summed E-state index contributed by atoms with van der Waals surface area (Å²) < 4.78 is 31.3. The predicted molar refractivity (Wildman–Crippen MR) is 115 cm³/mol. The minimum Gasteiger partial charge on any atom is -0.299 e. The van der Waals surface area contributed by atoms with Crippen molar-refractivity contribution in [2.75, 3.05) is 24.0 Å². The molecule has 2 bridgehead atoms. The number of rotatable bonds is 8. The summed E-state index contributed by atoms with van der Waals surface area (Å²) in [6, 6.07) is 5.32. The molecule has 10 heteroatoms. The van der Waals surface area contributed by atoms with Crippen molar-refractivity contribution in [3.63, 3.8) is 0 Å². The maximum Gasteiger partial charge on any atom is 0.277 e. The molecule has 8 nitrogen and oxygen atoms in total. The molecule has 0 amide bonds. The van der Waals surface area contributed by atoms with Crippen molar-refractivity contribution >= 4 is 37.7 Å². The fourth-order valence-corrected chi connectivity index (χ4v) is 9.64. The van der Waals surface area contributed by atoms with Crippen LogP contribution in [0, 0.1) is 26.9 Å². The quantitative estimate of drug-likeness (QED) is 0.333. The number of carbonyl (C=O) groups excluding carboxylic acids is 2. The minimum absolute atomic E-state index is 0.0172. The van der Waals surface area contributed by atoms with Gasteiger partial charge in [0.25, 0.3) is 15.8 Å². The number of fused-ring (bicyclic) bond motifs is 2. The Morgan fingerprint density at radius 3 is 2.50 bits per heavy atom. The third-order valence-electron chi connectivity index (χ3n) is 6.71. The summed E-state index contributed by atoms with van der Waals surface area (Å²) in [5.74, 6) is -0.818. The fraction of sp³-hybridized carbons (Fsp3) is 0.600. The third-order valence-corrected chi connectivity index (χ3v) is 10.8. The van der Waals surface area contributed by atoms with Gasteiger partial charge in [-0.15, -0.1) is 10.3 Å². The Labute approximate surface area is 178 Å². The lowest BCUT2D eigenvalue weighted by molar-refractivity contribution is -0.384. The molecule has 0 saturated heterocycles. The van der Waals surface area contributed by atoms with Crippen molar-refractivity contribution in [3.05, 3.63) is 39.9 Å². The van der Waals surface area contributed by atoms with Crippen LogP contribution >= 0.6 is 10.3 Å². The summed E-state index contributed by atoms with van der Waals surface area (Å²) in [5.41, 5.74) is -1.41. The van der Waals surface area contributed by atoms with Gasteiger partial charge in [-0.2, -0.15) is 8.42 Å². The standard InChI is InChI=1S/C20H27NO7S2/c1-19(2)15-8-9-20(19,18(23)11-15)13-30(26,27)28-29(3,4)12-17(22)14-6-5-7-16(10-14)21(24)25/h5-7,10,15H,8-9,11-13H2,1-4H3. The first-order valence-corrected chi connectivity index (χ1v) is 13.8. The lowest BCUT2D eigenvalue weighted by atomic mass is 9.70. The number of carbonyl (C=O) groups is 2. The molecule has 30 heavy (non-hydrogen) atoms. The van der Waals surface area contributed by atoms with Crippen molar-refractivity contribution in [1.29, 1.82) is 0 Å². The van der Waals surface area contributed by atoms with Crippen LogP contribution in [0.15, 0.2) is 24.3 Å². The summed E-state index contributed by atoms with van der Waals surface area (Å²) in [5, 5.41) is 10.9. The van der Waals surface area contributed by atoms with Crippen LogP contribution in [-0.4, -0.2) is 48.9 Å². The van der Waals surface area contributed by atoms with E-state index in [9.17, 15) is 28.1 Å². The monoisotopic (exact) mass is 457 g/mol. The van der Waals surface area contributed by atoms with Crippen molar-refractivity contribution in [2.45, 2.75) is 33.1 Å². The molecule has 0 heterocycles. The van der Waals surface area contributed by atoms with E-state index in [1.165, 1.54) is 24.3 Å². The molecule has 2 saturated carbocycles. The summed E-state index contributed by atoms with van der Waals surface area (Å²) in [6.07, 6.45) is 4.90. The van der Waals surface area contributed by atoms with Crippen LogP contribution in [0.4, 0.5) is 5.69 Å². The van der Waals surface area contributed by atoms with Crippen molar-refractivity contribution < 1.29 is 26.6 Å². The molecule has 166 valence electrons. The van der Waals surface area contributed by atoms with Gasteiger partial charge >= 0.3 is 0 Å². The second kappa shape index (κ2) is 7.42. The molecule has 2 atom stereocenters. The highest BCUT2D eigenvalue weighted by atomic mass is 32.3. The number of hydrogen-bond donors (Lipinski definition) is 0. The second-order valence-corrected chi connectivity index (χ2v) is 14.4. The highest BCUT2D eigenvalue weighted by Gasteiger charge is 2.65. The molecule has 1 aromatic carbocycles. The van der Waals surface area contributed by atoms with E-state index in [2.05, 4.69) is 0 Å². The third kappa shape index (κ3) is 4.04. The number of Topliss-reactive ketones (excluding diaryl/α,β-unsaturated/α-hetero) is 2. The molecule has 3 rings (SSSR count). The Bertz CT molecular complexity index is 1020. The predicted octanol–water partition coefficient (Wildman–Crippen LogP) is 3.50. The number of nitrogens with zero attached hydrogens (tertiary/aromatic N) is 1. The van der Waals surface area contributed by atoms with E-state index in [0.29, 0.717) is 12.8 Å². The zero-order valence-corrected chi connectivity index (χ0v) is 19.2. The molecule has 0 N–H and O–H groups in total. The largest absolute Gasteiger partial charge is 0.299 e. The summed E-state index contributed by atoms with van der Waals surface area (Å²) in [4.78, 5) is 35.6. The van der Waals surface area contributed by atoms with Gasteiger partial charge in [0.05, 0.1) is 21.8 Å². The van der Waals surface area contributed by atoms with Gasteiger partial charge in [0.2, 0.25) is 0 Å². The zero-order valence-electron chi connectivity index (χ0n) is 17.5. The van der Waals surface area contributed by atoms with Gasteiger partial charge in [-0.1, -0.05) is 26.0 Å². The number of ketones is 2. The molecule has 0 radical (unpaired) electrons. The van der Waals surface area contributed by atoms with Crippen LogP contribution in [-0.2, 0) is 18.5 Å². The average Bonchev–Trinajstić information content (AvgIpc) is 2.94. The zero-order chi connectivity index (χ0) is 22.5. The molecule has 0 spiro atoms. The molecular formula is C20H27NO7S2. The van der Waals surface area contributed by atoms with Gasteiger partial charge in [0.1, 0.15) is 5.78 Å². The van der Waals surface area contributed by atoms with Crippen LogP contribution in [0.25, 0.3) is 0 Å². The fourth-order valence-electron chi connectivity index (χ4n) is 4.93. The highest BCUT2D eigenvalue weighted by molar-refractivity contribution is 8.32. The Morgan fingerprint density at radius 2 is 1.97 bits per heavy atom. The van der Waals surface area contributed by atoms with Crippen molar-refractivity contribution in [1.82, 2.24) is 0 Å². The lowest BCUT2D eigenvalue weighted by Gasteiger charge is -2.37. The first-order chi connectivity index (χ1) is 13.7. The second-order valence-electron chi connectivity index (χ2n) is 9.25. The molecule has 0 aliphatic heterocycles. The van der Waals surface area contributed by atoms with E-state index >= 15 is 0 Å². The van der Waals surface area contributed by atoms with Crippen LogP contribution in [0.5, 0.6) is 0 Å². The van der Waals surface area contributed by atoms with E-state index in [0.717, 1.165) is 6.42 Å². The Morgan fingerprint density at radius 1 is 1.30 bits per heavy atom. The number of nitro benzene ring substituents is 1. The van der Waals surface area contributed by atoms with Gasteiger partial charge in [-0.3, -0.25) is 19.7 Å². The molecule has 2 unspecified atom stereocenters. The normalized spacial score (nSPS) is 26.0. The summed E-state index contributed by atoms with van der Waals surface area (Å²) in [7, 11) is -6.42. The lowest BCUT2D eigenvalue weighted by Crippen LogP contribution is -2.42. The van der Waals surface area contributed by atoms with Crippen LogP contribution in [0.2, 0.25) is 0 Å². The maximum atomic E-state index is 12.9. The Hall–Kier alpha value is -1.78. The Kier molecular flexibility index (Phi) is 5.66. The van der Waals surface area contributed by atoms with Gasteiger partial charge < -0.3 is 0 Å². The molecule has 0 aromatic heterocycles.